The first-order valence-electron chi connectivity index (χ1n) is 11.0. The second-order valence-corrected chi connectivity index (χ2v) is 12.4. The minimum Gasteiger partial charge on any atom is -0.414 e. The zero-order chi connectivity index (χ0) is 20.1. The van der Waals surface area contributed by atoms with Crippen LogP contribution in [0.15, 0.2) is 60.7 Å². The topological polar surface area (TPSA) is 18.5 Å². The van der Waals surface area contributed by atoms with Gasteiger partial charge in [-0.05, 0) is 54.9 Å². The summed E-state index contributed by atoms with van der Waals surface area (Å²) in [6.45, 7) is 8.45. The fourth-order valence-corrected chi connectivity index (χ4v) is 6.71. The molecule has 0 aliphatic rings. The summed E-state index contributed by atoms with van der Waals surface area (Å²) in [7, 11) is -1.58. The van der Waals surface area contributed by atoms with Gasteiger partial charge in [0.05, 0.1) is 6.61 Å². The van der Waals surface area contributed by atoms with E-state index in [9.17, 15) is 0 Å². The van der Waals surface area contributed by atoms with Crippen LogP contribution in [0.3, 0.4) is 0 Å². The molecule has 2 nitrogen and oxygen atoms in total. The maximum atomic E-state index is 6.86. The number of aryl methyl sites for hydroxylation is 1. The monoisotopic (exact) mass is 398 g/mol. The van der Waals surface area contributed by atoms with E-state index in [1.165, 1.54) is 29.3 Å². The Morgan fingerprint density at radius 3 is 1.89 bits per heavy atom. The van der Waals surface area contributed by atoms with Gasteiger partial charge in [0.15, 0.2) is 8.32 Å². The molecule has 3 heteroatoms. The Hall–Kier alpha value is -1.42. The van der Waals surface area contributed by atoms with Crippen LogP contribution in [0.25, 0.3) is 0 Å². The SMILES string of the molecule is CC[Si](CC)(CC)O[C@@H](CCCOCc1ccccc1)CCc1ccccc1. The van der Waals surface area contributed by atoms with Gasteiger partial charge in [0.1, 0.15) is 0 Å². The molecule has 2 aromatic carbocycles. The predicted molar refractivity (Wildman–Crippen MR) is 122 cm³/mol. The lowest BCUT2D eigenvalue weighted by atomic mass is 10.0. The van der Waals surface area contributed by atoms with Crippen molar-refractivity contribution in [3.05, 3.63) is 71.8 Å². The van der Waals surface area contributed by atoms with Gasteiger partial charge in [0, 0.05) is 12.7 Å². The van der Waals surface area contributed by atoms with E-state index < -0.39 is 8.32 Å². The van der Waals surface area contributed by atoms with Gasteiger partial charge in [-0.3, -0.25) is 0 Å². The van der Waals surface area contributed by atoms with Crippen molar-refractivity contribution in [3.8, 4) is 0 Å². The smallest absolute Gasteiger partial charge is 0.192 e. The lowest BCUT2D eigenvalue weighted by molar-refractivity contribution is 0.0983. The molecule has 0 heterocycles. The molecule has 0 aliphatic carbocycles. The van der Waals surface area contributed by atoms with Gasteiger partial charge in [-0.25, -0.2) is 0 Å². The summed E-state index contributed by atoms with van der Waals surface area (Å²) in [5, 5.41) is 0. The Morgan fingerprint density at radius 2 is 1.32 bits per heavy atom. The normalized spacial score (nSPS) is 12.8. The van der Waals surface area contributed by atoms with Crippen molar-refractivity contribution < 1.29 is 9.16 Å². The molecule has 0 spiro atoms. The van der Waals surface area contributed by atoms with E-state index in [-0.39, 0.29) is 0 Å². The molecule has 2 rings (SSSR count). The molecule has 0 N–H and O–H groups in total. The first-order chi connectivity index (χ1) is 13.7. The Kier molecular flexibility index (Phi) is 10.6. The number of hydrogen-bond donors (Lipinski definition) is 0. The summed E-state index contributed by atoms with van der Waals surface area (Å²) in [6.07, 6.45) is 4.71. The summed E-state index contributed by atoms with van der Waals surface area (Å²) >= 11 is 0. The number of hydrogen-bond acceptors (Lipinski definition) is 2. The predicted octanol–water partition coefficient (Wildman–Crippen LogP) is 7.01. The third-order valence-corrected chi connectivity index (χ3v) is 10.6. The lowest BCUT2D eigenvalue weighted by Gasteiger charge is -2.33. The average Bonchev–Trinajstić information content (AvgIpc) is 2.76. The second kappa shape index (κ2) is 12.9. The Labute approximate surface area is 173 Å². The molecule has 154 valence electrons. The number of ether oxygens (including phenoxy) is 1. The summed E-state index contributed by atoms with van der Waals surface area (Å²) in [4.78, 5) is 0. The van der Waals surface area contributed by atoms with E-state index >= 15 is 0 Å². The highest BCUT2D eigenvalue weighted by Crippen LogP contribution is 2.26. The quantitative estimate of drug-likeness (QED) is 0.252. The summed E-state index contributed by atoms with van der Waals surface area (Å²) < 4.78 is 12.8. The van der Waals surface area contributed by atoms with Crippen LogP contribution in [0.4, 0.5) is 0 Å². The highest BCUT2D eigenvalue weighted by Gasteiger charge is 2.31. The van der Waals surface area contributed by atoms with Gasteiger partial charge in [-0.1, -0.05) is 81.4 Å². The molecule has 0 saturated heterocycles. The average molecular weight is 399 g/mol. The Balaban J connectivity index is 1.83. The molecule has 0 aromatic heterocycles. The summed E-state index contributed by atoms with van der Waals surface area (Å²) in [5.74, 6) is 0. The Morgan fingerprint density at radius 1 is 0.750 bits per heavy atom. The molecule has 0 aliphatic heterocycles. The van der Waals surface area contributed by atoms with E-state index in [2.05, 4.69) is 75.4 Å². The van der Waals surface area contributed by atoms with Crippen LogP contribution >= 0.6 is 0 Å². The maximum Gasteiger partial charge on any atom is 0.192 e. The van der Waals surface area contributed by atoms with Gasteiger partial charge >= 0.3 is 0 Å². The number of benzene rings is 2. The van der Waals surface area contributed by atoms with Gasteiger partial charge in [0.25, 0.3) is 0 Å². The molecule has 1 atom stereocenters. The van der Waals surface area contributed by atoms with Crippen molar-refractivity contribution in [2.75, 3.05) is 6.61 Å². The van der Waals surface area contributed by atoms with E-state index in [1.807, 2.05) is 6.07 Å². The van der Waals surface area contributed by atoms with Gasteiger partial charge in [-0.15, -0.1) is 0 Å². The molecule has 0 amide bonds. The lowest BCUT2D eigenvalue weighted by Crippen LogP contribution is -2.40. The molecule has 0 bridgehead atoms. The van der Waals surface area contributed by atoms with Crippen LogP contribution in [0.2, 0.25) is 18.1 Å². The molecule has 28 heavy (non-hydrogen) atoms. The summed E-state index contributed by atoms with van der Waals surface area (Å²) in [5.41, 5.74) is 2.65. The first kappa shape index (κ1) is 22.9. The molecular formula is C25H38O2Si. The maximum absolute atomic E-state index is 6.86. The fraction of sp³-hybridized carbons (Fsp3) is 0.520. The third kappa shape index (κ3) is 7.90. The van der Waals surface area contributed by atoms with Crippen LogP contribution in [0.5, 0.6) is 0 Å². The molecule has 2 aromatic rings. The third-order valence-electron chi connectivity index (χ3n) is 5.87. The molecule has 0 fully saturated rings. The van der Waals surface area contributed by atoms with E-state index in [1.54, 1.807) is 0 Å². The highest BCUT2D eigenvalue weighted by atomic mass is 28.4. The standard InChI is InChI=1S/C25H38O2Si/c1-4-28(5-2,6-3)27-25(20-19-23-14-9-7-10-15-23)18-13-21-26-22-24-16-11-8-12-17-24/h7-12,14-17,25H,4-6,13,18-22H2,1-3H3/t25-/m0/s1. The minimum absolute atomic E-state index is 0.354. The van der Waals surface area contributed by atoms with Crippen molar-refractivity contribution in [1.82, 2.24) is 0 Å². The van der Waals surface area contributed by atoms with Crippen molar-refractivity contribution in [2.45, 2.75) is 77.3 Å². The largest absolute Gasteiger partial charge is 0.414 e. The van der Waals surface area contributed by atoms with Gasteiger partial charge in [-0.2, -0.15) is 0 Å². The first-order valence-corrected chi connectivity index (χ1v) is 13.6. The Bertz CT molecular complexity index is 617. The summed E-state index contributed by atoms with van der Waals surface area (Å²) in [6, 6.07) is 24.9. The molecule has 0 radical (unpaired) electrons. The highest BCUT2D eigenvalue weighted by molar-refractivity contribution is 6.73. The van der Waals surface area contributed by atoms with E-state index in [0.29, 0.717) is 12.7 Å². The van der Waals surface area contributed by atoms with Crippen LogP contribution in [0, 0.1) is 0 Å². The van der Waals surface area contributed by atoms with Crippen LogP contribution in [-0.4, -0.2) is 21.0 Å². The zero-order valence-electron chi connectivity index (χ0n) is 18.0. The minimum atomic E-state index is -1.58. The van der Waals surface area contributed by atoms with Crippen LogP contribution in [-0.2, 0) is 22.2 Å². The van der Waals surface area contributed by atoms with Crippen LogP contribution in [0.1, 0.15) is 51.2 Å². The van der Waals surface area contributed by atoms with E-state index in [0.717, 1.165) is 32.3 Å². The molecular weight excluding hydrogens is 360 g/mol. The van der Waals surface area contributed by atoms with Crippen molar-refractivity contribution in [1.29, 1.82) is 0 Å². The van der Waals surface area contributed by atoms with E-state index in [4.69, 9.17) is 9.16 Å². The second-order valence-electron chi connectivity index (χ2n) is 7.69. The van der Waals surface area contributed by atoms with Crippen molar-refractivity contribution in [3.63, 3.8) is 0 Å². The molecule has 0 saturated carbocycles. The van der Waals surface area contributed by atoms with Crippen LogP contribution < -0.4 is 0 Å². The van der Waals surface area contributed by atoms with Crippen molar-refractivity contribution in [2.24, 2.45) is 0 Å². The number of rotatable bonds is 14. The zero-order valence-corrected chi connectivity index (χ0v) is 19.0. The fourth-order valence-electron chi connectivity index (χ4n) is 3.77. The molecule has 0 unspecified atom stereocenters. The van der Waals surface area contributed by atoms with Gasteiger partial charge < -0.3 is 9.16 Å². The van der Waals surface area contributed by atoms with Crippen molar-refractivity contribution >= 4 is 8.32 Å². The van der Waals surface area contributed by atoms with Gasteiger partial charge in [0.2, 0.25) is 0 Å².